The van der Waals surface area contributed by atoms with E-state index in [9.17, 15) is 23.6 Å². The van der Waals surface area contributed by atoms with Crippen LogP contribution in [0.25, 0.3) is 21.9 Å². The number of likely N-dealkylation sites (tertiary alicyclic amines) is 1. The number of aromatic nitrogens is 3. The van der Waals surface area contributed by atoms with E-state index in [-0.39, 0.29) is 17.4 Å². The Morgan fingerprint density at radius 3 is 2.67 bits per heavy atom. The van der Waals surface area contributed by atoms with Gasteiger partial charge < -0.3 is 15.0 Å². The second kappa shape index (κ2) is 8.11. The minimum absolute atomic E-state index is 0.0900. The van der Waals surface area contributed by atoms with Gasteiger partial charge in [-0.1, -0.05) is 20.8 Å². The molecule has 0 radical (unpaired) electrons. The van der Waals surface area contributed by atoms with Gasteiger partial charge in [-0.2, -0.15) is 9.98 Å². The summed E-state index contributed by atoms with van der Waals surface area (Å²) in [7, 11) is -4.26. The van der Waals surface area contributed by atoms with Crippen LogP contribution in [-0.2, 0) is 10.0 Å². The number of nitriles is 1. The molecule has 0 spiro atoms. The van der Waals surface area contributed by atoms with Gasteiger partial charge in [0.25, 0.3) is 0 Å². The lowest BCUT2D eigenvalue weighted by Gasteiger charge is -2.44. The molecule has 3 N–H and O–H groups in total. The smallest absolute Gasteiger partial charge is 0.407 e. The number of piperidine rings is 1. The molecule has 10 nitrogen and oxygen atoms in total. The average molecular weight is 515 g/mol. The van der Waals surface area contributed by atoms with Crippen molar-refractivity contribution in [1.82, 2.24) is 24.6 Å². The topological polar surface area (TPSA) is 152 Å². The number of hydrogen-bond acceptors (Lipinski definition) is 6. The fraction of sp³-hybridized carbons (Fsp3) is 0.500. The van der Waals surface area contributed by atoms with Gasteiger partial charge >= 0.3 is 6.09 Å². The lowest BCUT2D eigenvalue weighted by Crippen LogP contribution is -2.51. The summed E-state index contributed by atoms with van der Waals surface area (Å²) in [6.45, 7) is 6.35. The Kier molecular flexibility index (Phi) is 5.50. The second-order valence-corrected chi connectivity index (χ2v) is 12.5. The zero-order chi connectivity index (χ0) is 26.0. The van der Waals surface area contributed by atoms with E-state index in [0.717, 1.165) is 6.07 Å². The predicted octanol–water partition coefficient (Wildman–Crippen LogP) is 3.86. The highest BCUT2D eigenvalue weighted by molar-refractivity contribution is 7.89. The maximum Gasteiger partial charge on any atom is 0.407 e. The van der Waals surface area contributed by atoms with Crippen LogP contribution in [0.4, 0.5) is 9.18 Å². The Morgan fingerprint density at radius 2 is 2.06 bits per heavy atom. The molecule has 12 heteroatoms. The molecule has 5 rings (SSSR count). The first-order chi connectivity index (χ1) is 16.8. The first-order valence-electron chi connectivity index (χ1n) is 11.8. The van der Waals surface area contributed by atoms with Crippen LogP contribution in [0.3, 0.4) is 0 Å². The molecule has 1 amide bonds. The summed E-state index contributed by atoms with van der Waals surface area (Å²) >= 11 is 0. The number of carbonyl (C=O) groups is 1. The van der Waals surface area contributed by atoms with Crippen molar-refractivity contribution in [2.75, 3.05) is 6.54 Å². The molecule has 1 aliphatic heterocycles. The Hall–Kier alpha value is -3.30. The number of hydrogen-bond donors (Lipinski definition) is 3. The van der Waals surface area contributed by atoms with Crippen molar-refractivity contribution < 1.29 is 22.7 Å². The molecule has 3 aromatic rings. The molecule has 190 valence electrons. The highest BCUT2D eigenvalue weighted by Crippen LogP contribution is 2.42. The van der Waals surface area contributed by atoms with Crippen LogP contribution in [0.5, 0.6) is 0 Å². The minimum Gasteiger partial charge on any atom is -0.465 e. The van der Waals surface area contributed by atoms with Crippen LogP contribution in [-0.4, -0.2) is 57.6 Å². The highest BCUT2D eigenvalue weighted by atomic mass is 32.2. The van der Waals surface area contributed by atoms with E-state index in [2.05, 4.69) is 19.7 Å². The molecule has 2 atom stereocenters. The fourth-order valence-corrected chi connectivity index (χ4v) is 6.67. The molecule has 36 heavy (non-hydrogen) atoms. The van der Waals surface area contributed by atoms with E-state index >= 15 is 4.39 Å². The van der Waals surface area contributed by atoms with Crippen LogP contribution in [0.1, 0.15) is 58.1 Å². The van der Waals surface area contributed by atoms with Crippen LogP contribution in [0, 0.1) is 22.6 Å². The van der Waals surface area contributed by atoms with Crippen LogP contribution >= 0.6 is 0 Å². The molecule has 2 aliphatic rings. The van der Waals surface area contributed by atoms with Gasteiger partial charge in [-0.25, -0.2) is 27.6 Å². The van der Waals surface area contributed by atoms with Gasteiger partial charge in [-0.15, -0.1) is 0 Å². The number of nitrogens with one attached hydrogen (secondary N) is 2. The SMILES string of the molecule is CC(C)(C)C1CC(c2ncnc3[nH]c4cc(S(=O)(=O)NC5(C#N)CC5)c(F)cc4c23)CCN1C(=O)O. The molecule has 2 fully saturated rings. The van der Waals surface area contributed by atoms with Crippen molar-refractivity contribution in [1.29, 1.82) is 5.26 Å². The average Bonchev–Trinajstić information content (AvgIpc) is 3.48. The summed E-state index contributed by atoms with van der Waals surface area (Å²) in [6.07, 6.45) is 2.31. The molecule has 3 heterocycles. The number of H-pyrrole nitrogens is 1. The number of benzene rings is 1. The molecule has 0 bridgehead atoms. The quantitative estimate of drug-likeness (QED) is 0.478. The summed E-state index contributed by atoms with van der Waals surface area (Å²) in [5, 5.41) is 20.0. The number of halogens is 1. The zero-order valence-corrected chi connectivity index (χ0v) is 21.0. The summed E-state index contributed by atoms with van der Waals surface area (Å²) in [5.41, 5.74) is 0.0355. The van der Waals surface area contributed by atoms with Crippen LogP contribution in [0.2, 0.25) is 0 Å². The molecule has 1 saturated heterocycles. The standard InChI is InChI=1S/C24H27FN6O4S/c1-23(2,3)18-8-13(4-7-31(18)22(32)33)20-19-14-9-15(25)17(10-16(14)29-21(19)28-12-27-20)36(34,35)30-24(11-26)5-6-24/h9-10,12-13,18,30H,4-8H2,1-3H3,(H,32,33)(H,27,28,29). The van der Waals surface area contributed by atoms with E-state index in [4.69, 9.17) is 0 Å². The summed E-state index contributed by atoms with van der Waals surface area (Å²) in [5.74, 6) is -1.03. The number of sulfonamides is 1. The van der Waals surface area contributed by atoms with Gasteiger partial charge in [-0.05, 0) is 43.2 Å². The van der Waals surface area contributed by atoms with E-state index in [1.54, 1.807) is 0 Å². The molecule has 1 aromatic carbocycles. The first kappa shape index (κ1) is 24.4. The highest BCUT2D eigenvalue weighted by Gasteiger charge is 2.47. The number of amides is 1. The monoisotopic (exact) mass is 514 g/mol. The Balaban J connectivity index is 1.58. The number of aromatic amines is 1. The largest absolute Gasteiger partial charge is 0.465 e. The molecule has 2 unspecified atom stereocenters. The van der Waals surface area contributed by atoms with Crippen molar-refractivity contribution in [2.45, 2.75) is 68.8 Å². The summed E-state index contributed by atoms with van der Waals surface area (Å²) in [4.78, 5) is 24.7. The van der Waals surface area contributed by atoms with Gasteiger partial charge in [0.2, 0.25) is 10.0 Å². The van der Waals surface area contributed by atoms with Crippen LogP contribution in [0.15, 0.2) is 23.4 Å². The maximum atomic E-state index is 15.2. The molecular formula is C24H27FN6O4S. The van der Waals surface area contributed by atoms with E-state index in [1.165, 1.54) is 17.3 Å². The van der Waals surface area contributed by atoms with Crippen molar-refractivity contribution >= 4 is 38.1 Å². The zero-order valence-electron chi connectivity index (χ0n) is 20.2. The normalized spacial score (nSPS) is 22.0. The summed E-state index contributed by atoms with van der Waals surface area (Å²) in [6, 6.07) is 4.09. The van der Waals surface area contributed by atoms with E-state index < -0.39 is 32.4 Å². The maximum absolute atomic E-state index is 15.2. The Bertz CT molecular complexity index is 1530. The molecule has 2 aromatic heterocycles. The van der Waals surface area contributed by atoms with E-state index in [1.807, 2.05) is 26.8 Å². The minimum atomic E-state index is -4.26. The van der Waals surface area contributed by atoms with Crippen LogP contribution < -0.4 is 4.72 Å². The number of fused-ring (bicyclic) bond motifs is 3. The molecule has 1 saturated carbocycles. The van der Waals surface area contributed by atoms with Crippen molar-refractivity contribution in [3.05, 3.63) is 30.0 Å². The third-order valence-corrected chi connectivity index (χ3v) is 8.84. The van der Waals surface area contributed by atoms with Gasteiger partial charge in [-0.3, -0.25) is 0 Å². The van der Waals surface area contributed by atoms with Gasteiger partial charge in [0, 0.05) is 34.8 Å². The third kappa shape index (κ3) is 4.06. The third-order valence-electron chi connectivity index (χ3n) is 7.29. The predicted molar refractivity (Wildman–Crippen MR) is 129 cm³/mol. The lowest BCUT2D eigenvalue weighted by atomic mass is 9.76. The van der Waals surface area contributed by atoms with Crippen molar-refractivity contribution in [3.63, 3.8) is 0 Å². The van der Waals surface area contributed by atoms with Crippen molar-refractivity contribution in [3.8, 4) is 6.07 Å². The lowest BCUT2D eigenvalue weighted by molar-refractivity contribution is 0.0523. The second-order valence-electron chi connectivity index (χ2n) is 10.8. The fourth-order valence-electron chi connectivity index (χ4n) is 5.20. The number of carboxylic acid groups (broad SMARTS) is 1. The van der Waals surface area contributed by atoms with Gasteiger partial charge in [0.05, 0.1) is 11.8 Å². The Labute approximate surface area is 207 Å². The van der Waals surface area contributed by atoms with E-state index in [0.29, 0.717) is 59.9 Å². The van der Waals surface area contributed by atoms with Gasteiger partial charge in [0.1, 0.15) is 28.2 Å². The van der Waals surface area contributed by atoms with Crippen molar-refractivity contribution in [2.24, 2.45) is 5.41 Å². The van der Waals surface area contributed by atoms with Gasteiger partial charge in [0.15, 0.2) is 0 Å². The molecular weight excluding hydrogens is 487 g/mol. The molecule has 1 aliphatic carbocycles. The Morgan fingerprint density at radius 1 is 1.33 bits per heavy atom. The number of rotatable bonds is 4. The number of nitrogens with zero attached hydrogens (tertiary/aromatic N) is 4. The summed E-state index contributed by atoms with van der Waals surface area (Å²) < 4.78 is 43.3. The first-order valence-corrected chi connectivity index (χ1v) is 13.2.